The van der Waals surface area contributed by atoms with E-state index < -0.39 is 8.56 Å². The van der Waals surface area contributed by atoms with Crippen LogP contribution in [-0.2, 0) is 8.85 Å². The second kappa shape index (κ2) is 6.35. The zero-order chi connectivity index (χ0) is 13.7. The molecule has 0 fully saturated rings. The first-order valence-corrected chi connectivity index (χ1v) is 8.63. The van der Waals surface area contributed by atoms with Crippen LogP contribution in [0.15, 0.2) is 0 Å². The molecule has 3 heteroatoms. The average molecular weight is 260 g/mol. The molecule has 17 heavy (non-hydrogen) atoms. The normalized spacial score (nSPS) is 14.1. The van der Waals surface area contributed by atoms with Crippen molar-refractivity contribution in [3.05, 3.63) is 0 Å². The molecule has 0 aromatic carbocycles. The van der Waals surface area contributed by atoms with Gasteiger partial charge >= 0.3 is 8.56 Å². The fourth-order valence-corrected chi connectivity index (χ4v) is 7.69. The number of unbranched alkanes of at least 4 members (excludes halogenated alkanes) is 2. The number of hydrogen-bond acceptors (Lipinski definition) is 2. The molecule has 0 amide bonds. The Morgan fingerprint density at radius 2 is 1.35 bits per heavy atom. The smallest absolute Gasteiger partial charge is 0.349 e. The molecule has 0 heterocycles. The Hall–Kier alpha value is 0.137. The van der Waals surface area contributed by atoms with Gasteiger partial charge in [0, 0.05) is 23.8 Å². The van der Waals surface area contributed by atoms with Crippen LogP contribution in [0.3, 0.4) is 0 Å². The maximum Gasteiger partial charge on any atom is 0.349 e. The second-order valence-corrected chi connectivity index (χ2v) is 11.8. The van der Waals surface area contributed by atoms with Gasteiger partial charge in [-0.2, -0.15) is 0 Å². The van der Waals surface area contributed by atoms with E-state index in [0.717, 1.165) is 13.0 Å². The molecule has 0 atom stereocenters. The van der Waals surface area contributed by atoms with Crippen molar-refractivity contribution in [1.29, 1.82) is 0 Å². The maximum atomic E-state index is 6.33. The zero-order valence-corrected chi connectivity index (χ0v) is 14.1. The fraction of sp³-hybridized carbons (Fsp3) is 1.00. The Morgan fingerprint density at radius 3 is 1.65 bits per heavy atom. The standard InChI is InChI=1S/C14H32O2Si/c1-9-10-11-12-16-17(15-8,13(2,3)4)14(5,6)7/h9-12H2,1-8H3. The van der Waals surface area contributed by atoms with Crippen molar-refractivity contribution >= 4 is 8.56 Å². The SMILES string of the molecule is CCCCCO[Si](OC)(C(C)(C)C)C(C)(C)C. The summed E-state index contributed by atoms with van der Waals surface area (Å²) in [6.07, 6.45) is 3.61. The molecule has 2 nitrogen and oxygen atoms in total. The van der Waals surface area contributed by atoms with E-state index in [-0.39, 0.29) is 10.1 Å². The summed E-state index contributed by atoms with van der Waals surface area (Å²) in [4.78, 5) is 0. The second-order valence-electron chi connectivity index (χ2n) is 6.88. The summed E-state index contributed by atoms with van der Waals surface area (Å²) in [5.41, 5.74) is 0. The third kappa shape index (κ3) is 4.07. The summed E-state index contributed by atoms with van der Waals surface area (Å²) in [6, 6.07) is 0. The van der Waals surface area contributed by atoms with Gasteiger partial charge in [-0.1, -0.05) is 61.3 Å². The van der Waals surface area contributed by atoms with Crippen LogP contribution in [0, 0.1) is 0 Å². The lowest BCUT2D eigenvalue weighted by Crippen LogP contribution is -2.56. The number of hydrogen-bond donors (Lipinski definition) is 0. The van der Waals surface area contributed by atoms with Gasteiger partial charge in [-0.25, -0.2) is 0 Å². The van der Waals surface area contributed by atoms with E-state index >= 15 is 0 Å². The van der Waals surface area contributed by atoms with Crippen LogP contribution in [0.5, 0.6) is 0 Å². The Labute approximate surface area is 109 Å². The largest absolute Gasteiger partial charge is 0.397 e. The highest BCUT2D eigenvalue weighted by Crippen LogP contribution is 2.51. The van der Waals surface area contributed by atoms with E-state index in [4.69, 9.17) is 8.85 Å². The van der Waals surface area contributed by atoms with Crippen molar-refractivity contribution in [1.82, 2.24) is 0 Å². The van der Waals surface area contributed by atoms with Crippen LogP contribution in [0.2, 0.25) is 10.1 Å². The first-order valence-electron chi connectivity index (χ1n) is 6.81. The molecule has 0 N–H and O–H groups in total. The summed E-state index contributed by atoms with van der Waals surface area (Å²) >= 11 is 0. The third-order valence-electron chi connectivity index (χ3n) is 3.32. The van der Waals surface area contributed by atoms with Gasteiger partial charge in [0.25, 0.3) is 0 Å². The van der Waals surface area contributed by atoms with Crippen molar-refractivity contribution in [2.45, 2.75) is 77.8 Å². The predicted octanol–water partition coefficient (Wildman–Crippen LogP) is 4.88. The third-order valence-corrected chi connectivity index (χ3v) is 8.45. The summed E-state index contributed by atoms with van der Waals surface area (Å²) < 4.78 is 12.3. The predicted molar refractivity (Wildman–Crippen MR) is 77.7 cm³/mol. The van der Waals surface area contributed by atoms with Gasteiger partial charge in [-0.15, -0.1) is 0 Å². The van der Waals surface area contributed by atoms with Gasteiger partial charge in [0.15, 0.2) is 0 Å². The lowest BCUT2D eigenvalue weighted by molar-refractivity contribution is 0.149. The van der Waals surface area contributed by atoms with Crippen LogP contribution in [0.1, 0.15) is 67.7 Å². The molecule has 0 unspecified atom stereocenters. The van der Waals surface area contributed by atoms with Crippen molar-refractivity contribution in [2.75, 3.05) is 13.7 Å². The molecule has 0 spiro atoms. The van der Waals surface area contributed by atoms with Crippen molar-refractivity contribution < 1.29 is 8.85 Å². The van der Waals surface area contributed by atoms with Gasteiger partial charge < -0.3 is 8.85 Å². The molecule has 0 aromatic rings. The lowest BCUT2D eigenvalue weighted by atomic mass is 10.2. The Balaban J connectivity index is 4.85. The topological polar surface area (TPSA) is 18.5 Å². The summed E-state index contributed by atoms with van der Waals surface area (Å²) in [7, 11) is -0.401. The Bertz CT molecular complexity index is 199. The van der Waals surface area contributed by atoms with Crippen LogP contribution in [0.25, 0.3) is 0 Å². The minimum atomic E-state index is -2.22. The quantitative estimate of drug-likeness (QED) is 0.500. The number of rotatable bonds is 6. The van der Waals surface area contributed by atoms with E-state index in [2.05, 4.69) is 48.5 Å². The van der Waals surface area contributed by atoms with Crippen molar-refractivity contribution in [2.24, 2.45) is 0 Å². The molecule has 0 aliphatic carbocycles. The molecule has 0 saturated carbocycles. The van der Waals surface area contributed by atoms with E-state index in [1.807, 2.05) is 7.11 Å². The summed E-state index contributed by atoms with van der Waals surface area (Å²) in [5.74, 6) is 0. The molecule has 0 radical (unpaired) electrons. The first-order chi connectivity index (χ1) is 7.62. The van der Waals surface area contributed by atoms with Gasteiger partial charge in [0.1, 0.15) is 0 Å². The monoisotopic (exact) mass is 260 g/mol. The molecule has 0 aromatic heterocycles. The van der Waals surface area contributed by atoms with Crippen LogP contribution >= 0.6 is 0 Å². The molecule has 104 valence electrons. The summed E-state index contributed by atoms with van der Waals surface area (Å²) in [5, 5.41) is 0.179. The van der Waals surface area contributed by atoms with Crippen LogP contribution < -0.4 is 0 Å². The Kier molecular flexibility index (Phi) is 6.40. The van der Waals surface area contributed by atoms with Crippen LogP contribution in [-0.4, -0.2) is 22.3 Å². The maximum absolute atomic E-state index is 6.33. The lowest BCUT2D eigenvalue weighted by Gasteiger charge is -2.48. The van der Waals surface area contributed by atoms with Gasteiger partial charge in [0.2, 0.25) is 0 Å². The molecule has 0 saturated heterocycles. The van der Waals surface area contributed by atoms with E-state index in [1.165, 1.54) is 12.8 Å². The highest BCUT2D eigenvalue weighted by atomic mass is 28.4. The first kappa shape index (κ1) is 17.1. The van der Waals surface area contributed by atoms with Gasteiger partial charge in [0.05, 0.1) is 0 Å². The van der Waals surface area contributed by atoms with Gasteiger partial charge in [-0.3, -0.25) is 0 Å². The Morgan fingerprint density at radius 1 is 0.882 bits per heavy atom. The van der Waals surface area contributed by atoms with E-state index in [1.54, 1.807) is 0 Å². The highest BCUT2D eigenvalue weighted by Gasteiger charge is 2.57. The molecule has 0 rings (SSSR count). The van der Waals surface area contributed by atoms with Crippen molar-refractivity contribution in [3.8, 4) is 0 Å². The minimum absolute atomic E-state index is 0.0895. The highest BCUT2D eigenvalue weighted by molar-refractivity contribution is 6.73. The van der Waals surface area contributed by atoms with E-state index in [9.17, 15) is 0 Å². The molecule has 0 bridgehead atoms. The van der Waals surface area contributed by atoms with Gasteiger partial charge in [-0.05, 0) is 6.42 Å². The molecular formula is C14H32O2Si. The van der Waals surface area contributed by atoms with Crippen molar-refractivity contribution in [3.63, 3.8) is 0 Å². The average Bonchev–Trinajstić information content (AvgIpc) is 2.14. The molecule has 0 aliphatic heterocycles. The zero-order valence-electron chi connectivity index (χ0n) is 13.1. The molecule has 0 aliphatic rings. The molecular weight excluding hydrogens is 228 g/mol. The summed E-state index contributed by atoms with van der Waals surface area (Å²) in [6.45, 7) is 16.5. The van der Waals surface area contributed by atoms with Crippen LogP contribution in [0.4, 0.5) is 0 Å². The van der Waals surface area contributed by atoms with E-state index in [0.29, 0.717) is 0 Å². The minimum Gasteiger partial charge on any atom is -0.397 e. The fourth-order valence-electron chi connectivity index (χ4n) is 2.80.